The van der Waals surface area contributed by atoms with E-state index in [2.05, 4.69) is 36.2 Å². The summed E-state index contributed by atoms with van der Waals surface area (Å²) in [5, 5.41) is 0. The lowest BCUT2D eigenvalue weighted by atomic mass is 10.0. The fourth-order valence-corrected chi connectivity index (χ4v) is 3.50. The summed E-state index contributed by atoms with van der Waals surface area (Å²) in [6.07, 6.45) is 7.48. The molecule has 4 nitrogen and oxygen atoms in total. The lowest BCUT2D eigenvalue weighted by molar-refractivity contribution is 0.0735. The fourth-order valence-electron chi connectivity index (χ4n) is 3.50. The number of nitrogens with zero attached hydrogens (tertiary/aromatic N) is 3. The van der Waals surface area contributed by atoms with Crippen LogP contribution in [0.1, 0.15) is 40.4 Å². The van der Waals surface area contributed by atoms with Gasteiger partial charge in [0.15, 0.2) is 0 Å². The maximum absolute atomic E-state index is 13.0. The topological polar surface area (TPSA) is 38.1 Å². The van der Waals surface area contributed by atoms with Crippen molar-refractivity contribution in [3.8, 4) is 5.69 Å². The van der Waals surface area contributed by atoms with Gasteiger partial charge in [-0.3, -0.25) is 4.79 Å². The second-order valence-corrected chi connectivity index (χ2v) is 6.58. The molecular weight excluding hydrogens is 310 g/mol. The lowest BCUT2D eigenvalue weighted by Crippen LogP contribution is -2.30. The summed E-state index contributed by atoms with van der Waals surface area (Å²) in [4.78, 5) is 19.1. The van der Waals surface area contributed by atoms with Gasteiger partial charge in [0.25, 0.3) is 5.91 Å². The highest BCUT2D eigenvalue weighted by atomic mass is 16.2. The van der Waals surface area contributed by atoms with Gasteiger partial charge in [0.2, 0.25) is 0 Å². The smallest absolute Gasteiger partial charge is 0.254 e. The van der Waals surface area contributed by atoms with Crippen molar-refractivity contribution in [3.63, 3.8) is 0 Å². The second kappa shape index (κ2) is 6.55. The number of hydrogen-bond donors (Lipinski definition) is 0. The molecule has 1 aliphatic rings. The second-order valence-electron chi connectivity index (χ2n) is 6.58. The average molecular weight is 331 g/mol. The normalized spacial score (nSPS) is 17.0. The summed E-state index contributed by atoms with van der Waals surface area (Å²) < 4.78 is 1.93. The number of aromatic nitrogens is 2. The van der Waals surface area contributed by atoms with Crippen molar-refractivity contribution in [2.75, 3.05) is 6.54 Å². The molecule has 2 heterocycles. The zero-order chi connectivity index (χ0) is 17.2. The fraction of sp³-hybridized carbons (Fsp3) is 0.238. The van der Waals surface area contributed by atoms with E-state index in [-0.39, 0.29) is 11.9 Å². The Balaban J connectivity index is 1.56. The predicted molar refractivity (Wildman–Crippen MR) is 97.8 cm³/mol. The molecule has 1 aliphatic heterocycles. The van der Waals surface area contributed by atoms with Gasteiger partial charge in [-0.2, -0.15) is 0 Å². The first-order valence-corrected chi connectivity index (χ1v) is 8.68. The largest absolute Gasteiger partial charge is 0.332 e. The van der Waals surface area contributed by atoms with Crippen molar-refractivity contribution in [2.24, 2.45) is 0 Å². The Morgan fingerprint density at radius 3 is 2.52 bits per heavy atom. The first-order valence-electron chi connectivity index (χ1n) is 8.68. The molecule has 1 unspecified atom stereocenters. The van der Waals surface area contributed by atoms with Crippen LogP contribution in [0.3, 0.4) is 0 Å². The van der Waals surface area contributed by atoms with Gasteiger partial charge in [-0.15, -0.1) is 0 Å². The minimum atomic E-state index is 0.111. The number of hydrogen-bond acceptors (Lipinski definition) is 2. The van der Waals surface area contributed by atoms with Gasteiger partial charge in [-0.25, -0.2) is 4.98 Å². The van der Waals surface area contributed by atoms with Gasteiger partial charge in [0.1, 0.15) is 0 Å². The minimum Gasteiger partial charge on any atom is -0.332 e. The first-order chi connectivity index (χ1) is 12.2. The van der Waals surface area contributed by atoms with Crippen LogP contribution < -0.4 is 0 Å². The van der Waals surface area contributed by atoms with Crippen LogP contribution in [0, 0.1) is 6.92 Å². The number of carbonyl (C=O) groups is 1. The molecule has 2 aromatic carbocycles. The van der Waals surface area contributed by atoms with Crippen LogP contribution in [0.2, 0.25) is 0 Å². The predicted octanol–water partition coefficient (Wildman–Crippen LogP) is 4.16. The lowest BCUT2D eigenvalue weighted by Gasteiger charge is -2.25. The molecular formula is C21H21N3O. The maximum Gasteiger partial charge on any atom is 0.254 e. The molecule has 0 bridgehead atoms. The molecule has 0 N–H and O–H groups in total. The number of amides is 1. The third-order valence-corrected chi connectivity index (χ3v) is 4.89. The molecule has 3 aromatic rings. The van der Waals surface area contributed by atoms with Crippen LogP contribution in [0.5, 0.6) is 0 Å². The molecule has 1 aromatic heterocycles. The van der Waals surface area contributed by atoms with E-state index >= 15 is 0 Å². The van der Waals surface area contributed by atoms with E-state index in [0.29, 0.717) is 0 Å². The minimum absolute atomic E-state index is 0.111. The number of rotatable bonds is 3. The molecule has 126 valence electrons. The molecule has 4 heteroatoms. The van der Waals surface area contributed by atoms with Crippen molar-refractivity contribution in [1.82, 2.24) is 14.5 Å². The SMILES string of the molecule is Cc1ccc(C2CCCN2C(=O)c2ccc(-n3ccnc3)cc2)cc1. The zero-order valence-corrected chi connectivity index (χ0v) is 14.3. The van der Waals surface area contributed by atoms with Crippen LogP contribution in [0.25, 0.3) is 5.69 Å². The maximum atomic E-state index is 13.0. The average Bonchev–Trinajstić information content (AvgIpc) is 3.34. The molecule has 1 amide bonds. The number of aryl methyl sites for hydroxylation is 1. The van der Waals surface area contributed by atoms with E-state index in [1.807, 2.05) is 39.9 Å². The molecule has 25 heavy (non-hydrogen) atoms. The van der Waals surface area contributed by atoms with Crippen LogP contribution in [-0.4, -0.2) is 26.9 Å². The van der Waals surface area contributed by atoms with Crippen molar-refractivity contribution >= 4 is 5.91 Å². The first kappa shape index (κ1) is 15.6. The summed E-state index contributed by atoms with van der Waals surface area (Å²) in [6, 6.07) is 16.5. The number of benzene rings is 2. The van der Waals surface area contributed by atoms with Crippen LogP contribution in [0.4, 0.5) is 0 Å². The Morgan fingerprint density at radius 2 is 1.84 bits per heavy atom. The van der Waals surface area contributed by atoms with Crippen LogP contribution in [-0.2, 0) is 0 Å². The van der Waals surface area contributed by atoms with E-state index in [0.717, 1.165) is 30.6 Å². The van der Waals surface area contributed by atoms with Gasteiger partial charge in [-0.05, 0) is 49.6 Å². The van der Waals surface area contributed by atoms with Gasteiger partial charge in [0.05, 0.1) is 12.4 Å². The van der Waals surface area contributed by atoms with Gasteiger partial charge in [-0.1, -0.05) is 29.8 Å². The highest BCUT2D eigenvalue weighted by Crippen LogP contribution is 2.33. The van der Waals surface area contributed by atoms with Crippen LogP contribution in [0.15, 0.2) is 67.3 Å². The van der Waals surface area contributed by atoms with E-state index in [1.54, 1.807) is 12.5 Å². The number of imidazole rings is 1. The summed E-state index contributed by atoms with van der Waals surface area (Å²) in [6.45, 7) is 2.91. The van der Waals surface area contributed by atoms with Crippen LogP contribution >= 0.6 is 0 Å². The van der Waals surface area contributed by atoms with Gasteiger partial charge < -0.3 is 9.47 Å². The molecule has 4 rings (SSSR count). The number of likely N-dealkylation sites (tertiary alicyclic amines) is 1. The Labute approximate surface area is 147 Å². The molecule has 1 atom stereocenters. The Hall–Kier alpha value is -2.88. The highest BCUT2D eigenvalue weighted by molar-refractivity contribution is 5.94. The Kier molecular flexibility index (Phi) is 4.10. The van der Waals surface area contributed by atoms with Gasteiger partial charge in [0, 0.05) is 30.2 Å². The van der Waals surface area contributed by atoms with E-state index < -0.39 is 0 Å². The van der Waals surface area contributed by atoms with E-state index in [1.165, 1.54) is 11.1 Å². The zero-order valence-electron chi connectivity index (χ0n) is 14.3. The molecule has 1 fully saturated rings. The third-order valence-electron chi connectivity index (χ3n) is 4.89. The van der Waals surface area contributed by atoms with E-state index in [9.17, 15) is 4.79 Å². The number of carbonyl (C=O) groups excluding carboxylic acids is 1. The highest BCUT2D eigenvalue weighted by Gasteiger charge is 2.30. The molecule has 0 radical (unpaired) electrons. The summed E-state index contributed by atoms with van der Waals surface area (Å²) in [7, 11) is 0. The quantitative estimate of drug-likeness (QED) is 0.723. The summed E-state index contributed by atoms with van der Waals surface area (Å²) in [5.74, 6) is 0.111. The molecule has 1 saturated heterocycles. The molecule has 0 aliphatic carbocycles. The summed E-state index contributed by atoms with van der Waals surface area (Å²) in [5.41, 5.74) is 4.22. The van der Waals surface area contributed by atoms with Crippen molar-refractivity contribution < 1.29 is 4.79 Å². The summed E-state index contributed by atoms with van der Waals surface area (Å²) >= 11 is 0. The Bertz CT molecular complexity index is 851. The van der Waals surface area contributed by atoms with Crippen molar-refractivity contribution in [2.45, 2.75) is 25.8 Å². The third kappa shape index (κ3) is 3.07. The standard InChI is InChI=1S/C21H21N3O/c1-16-4-6-17(7-5-16)20-3-2-13-24(20)21(25)18-8-10-19(11-9-18)23-14-12-22-15-23/h4-12,14-15,20H,2-3,13H2,1H3. The van der Waals surface area contributed by atoms with E-state index in [4.69, 9.17) is 0 Å². The molecule has 0 saturated carbocycles. The Morgan fingerprint density at radius 1 is 1.08 bits per heavy atom. The molecule has 0 spiro atoms. The van der Waals surface area contributed by atoms with Crippen molar-refractivity contribution in [3.05, 3.63) is 83.9 Å². The monoisotopic (exact) mass is 331 g/mol. The van der Waals surface area contributed by atoms with Crippen molar-refractivity contribution in [1.29, 1.82) is 0 Å². The van der Waals surface area contributed by atoms with Gasteiger partial charge >= 0.3 is 0 Å².